The van der Waals surface area contributed by atoms with Crippen molar-refractivity contribution in [3.63, 3.8) is 0 Å². The van der Waals surface area contributed by atoms with E-state index < -0.39 is 0 Å². The fourth-order valence-electron chi connectivity index (χ4n) is 6.23. The molecule has 2 N–H and O–H groups in total. The molecule has 0 amide bonds. The molecule has 0 heterocycles. The molecule has 3 fully saturated rings. The first-order valence-corrected chi connectivity index (χ1v) is 8.38. The minimum atomic E-state index is 0. The van der Waals surface area contributed by atoms with Gasteiger partial charge >= 0.3 is 0 Å². The molecule has 0 aromatic rings. The highest BCUT2D eigenvalue weighted by Crippen LogP contribution is 2.61. The molecule has 0 radical (unpaired) electrons. The van der Waals surface area contributed by atoms with E-state index >= 15 is 0 Å². The number of hydrogen-bond donors (Lipinski definition) is 0. The van der Waals surface area contributed by atoms with Crippen LogP contribution in [0.5, 0.6) is 0 Å². The maximum atomic E-state index is 11.6. The van der Waals surface area contributed by atoms with E-state index in [1.54, 1.807) is 0 Å². The van der Waals surface area contributed by atoms with Crippen LogP contribution in [0.3, 0.4) is 0 Å². The van der Waals surface area contributed by atoms with Gasteiger partial charge in [-0.15, -0.1) is 0 Å². The van der Waals surface area contributed by atoms with E-state index in [1.165, 1.54) is 44.9 Å². The topological polar surface area (TPSA) is 48.6 Å². The summed E-state index contributed by atoms with van der Waals surface area (Å²) >= 11 is 0. The fraction of sp³-hybridized carbons (Fsp3) is 0.833. The van der Waals surface area contributed by atoms with Gasteiger partial charge in [0.15, 0.2) is 5.78 Å². The molecule has 4 aliphatic rings. The largest absolute Gasteiger partial charge is 0.412 e. The molecule has 4 rings (SSSR count). The minimum Gasteiger partial charge on any atom is -0.412 e. The lowest BCUT2D eigenvalue weighted by molar-refractivity contribution is -0.118. The zero-order valence-corrected chi connectivity index (χ0v) is 12.6. The average molecular weight is 276 g/mol. The third kappa shape index (κ3) is 1.99. The molecule has 0 spiro atoms. The summed E-state index contributed by atoms with van der Waals surface area (Å²) in [4.78, 5) is 11.6. The second-order valence-corrected chi connectivity index (χ2v) is 7.96. The molecule has 0 aliphatic heterocycles. The van der Waals surface area contributed by atoms with Gasteiger partial charge in [0, 0.05) is 6.42 Å². The summed E-state index contributed by atoms with van der Waals surface area (Å²) < 4.78 is 0. The molecule has 0 aromatic heterocycles. The SMILES string of the molecule is C[C@@]12CCC[C@H]1[C@@H]1CC[C@H]3CC(=O)C=C[C@@H]3[C@H]1CC2.O. The standard InChI is InChI=1S/C18H26O.H2O/c1-18-9-2-3-17(18)16-6-4-12-11-13(19)5-7-14(12)15(16)8-10-18;/h5,7,12,14-17H,2-4,6,8-11H2,1H3;1H2/t12-,14-,15+,16+,17-,18-;/m0./s1. The Morgan fingerprint density at radius 3 is 2.80 bits per heavy atom. The molecule has 2 nitrogen and oxygen atoms in total. The number of allylic oxidation sites excluding steroid dienone is 2. The van der Waals surface area contributed by atoms with Crippen molar-refractivity contribution in [2.24, 2.45) is 35.0 Å². The normalized spacial score (nSPS) is 49.9. The van der Waals surface area contributed by atoms with Crippen LogP contribution < -0.4 is 0 Å². The number of ketones is 1. The van der Waals surface area contributed by atoms with Crippen molar-refractivity contribution in [2.45, 2.75) is 58.3 Å². The number of fused-ring (bicyclic) bond motifs is 5. The zero-order valence-electron chi connectivity index (χ0n) is 12.6. The highest BCUT2D eigenvalue weighted by atomic mass is 16.1. The van der Waals surface area contributed by atoms with E-state index in [-0.39, 0.29) is 5.48 Å². The van der Waals surface area contributed by atoms with Crippen molar-refractivity contribution in [3.05, 3.63) is 12.2 Å². The lowest BCUT2D eigenvalue weighted by Gasteiger charge is -2.53. The van der Waals surface area contributed by atoms with Crippen LogP contribution in [0.25, 0.3) is 0 Å². The minimum absolute atomic E-state index is 0. The van der Waals surface area contributed by atoms with Crippen LogP contribution in [0.2, 0.25) is 0 Å². The molecule has 0 aromatic carbocycles. The summed E-state index contributed by atoms with van der Waals surface area (Å²) in [7, 11) is 0. The molecular formula is C18H28O2. The van der Waals surface area contributed by atoms with Crippen molar-refractivity contribution in [1.82, 2.24) is 0 Å². The van der Waals surface area contributed by atoms with E-state index in [9.17, 15) is 4.79 Å². The van der Waals surface area contributed by atoms with Gasteiger partial charge < -0.3 is 5.48 Å². The van der Waals surface area contributed by atoms with Crippen LogP contribution in [0.15, 0.2) is 12.2 Å². The third-order valence-electron chi connectivity index (χ3n) is 7.15. The summed E-state index contributed by atoms with van der Waals surface area (Å²) in [6.07, 6.45) is 15.1. The molecular weight excluding hydrogens is 248 g/mol. The molecule has 4 aliphatic carbocycles. The van der Waals surface area contributed by atoms with Gasteiger partial charge in [-0.2, -0.15) is 0 Å². The molecule has 3 saturated carbocycles. The lowest BCUT2D eigenvalue weighted by atomic mass is 9.51. The fourth-order valence-corrected chi connectivity index (χ4v) is 6.23. The van der Waals surface area contributed by atoms with Gasteiger partial charge in [0.05, 0.1) is 0 Å². The molecule has 6 atom stereocenters. The highest BCUT2D eigenvalue weighted by molar-refractivity contribution is 5.90. The van der Waals surface area contributed by atoms with Gasteiger partial charge in [0.1, 0.15) is 0 Å². The average Bonchev–Trinajstić information content (AvgIpc) is 2.79. The number of hydrogen-bond acceptors (Lipinski definition) is 1. The van der Waals surface area contributed by atoms with Crippen LogP contribution in [0.1, 0.15) is 58.3 Å². The predicted octanol–water partition coefficient (Wildman–Crippen LogP) is 3.55. The predicted molar refractivity (Wildman–Crippen MR) is 80.3 cm³/mol. The quantitative estimate of drug-likeness (QED) is 0.667. The van der Waals surface area contributed by atoms with Gasteiger partial charge in [0.25, 0.3) is 0 Å². The van der Waals surface area contributed by atoms with Crippen LogP contribution in [0, 0.1) is 35.0 Å². The maximum absolute atomic E-state index is 11.6. The van der Waals surface area contributed by atoms with Gasteiger partial charge in [0.2, 0.25) is 0 Å². The van der Waals surface area contributed by atoms with Gasteiger partial charge in [-0.05, 0) is 79.6 Å². The monoisotopic (exact) mass is 276 g/mol. The van der Waals surface area contributed by atoms with Gasteiger partial charge in [-0.3, -0.25) is 4.79 Å². The smallest absolute Gasteiger partial charge is 0.155 e. The van der Waals surface area contributed by atoms with Crippen LogP contribution in [0.4, 0.5) is 0 Å². The Morgan fingerprint density at radius 2 is 1.95 bits per heavy atom. The summed E-state index contributed by atoms with van der Waals surface area (Å²) in [6, 6.07) is 0. The van der Waals surface area contributed by atoms with Crippen LogP contribution >= 0.6 is 0 Å². The van der Waals surface area contributed by atoms with Crippen molar-refractivity contribution in [2.75, 3.05) is 0 Å². The summed E-state index contributed by atoms with van der Waals surface area (Å²) in [5.74, 6) is 4.67. The van der Waals surface area contributed by atoms with Gasteiger partial charge in [-0.25, -0.2) is 0 Å². The lowest BCUT2D eigenvalue weighted by Crippen LogP contribution is -2.46. The Morgan fingerprint density at radius 1 is 1.10 bits per heavy atom. The highest BCUT2D eigenvalue weighted by Gasteiger charge is 2.52. The maximum Gasteiger partial charge on any atom is 0.155 e. The van der Waals surface area contributed by atoms with Crippen molar-refractivity contribution in [3.8, 4) is 0 Å². The van der Waals surface area contributed by atoms with Crippen LogP contribution in [-0.2, 0) is 4.79 Å². The van der Waals surface area contributed by atoms with Gasteiger partial charge in [-0.1, -0.05) is 19.4 Å². The molecule has 112 valence electrons. The summed E-state index contributed by atoms with van der Waals surface area (Å²) in [6.45, 7) is 2.56. The summed E-state index contributed by atoms with van der Waals surface area (Å²) in [5, 5.41) is 0. The molecule has 0 bridgehead atoms. The molecule has 2 heteroatoms. The number of rotatable bonds is 0. The van der Waals surface area contributed by atoms with Crippen molar-refractivity contribution >= 4 is 5.78 Å². The zero-order chi connectivity index (χ0) is 13.0. The second kappa shape index (κ2) is 4.98. The van der Waals surface area contributed by atoms with Crippen LogP contribution in [-0.4, -0.2) is 11.3 Å². The van der Waals surface area contributed by atoms with E-state index in [1.807, 2.05) is 6.08 Å². The van der Waals surface area contributed by atoms with E-state index in [4.69, 9.17) is 0 Å². The molecule has 0 saturated heterocycles. The first-order chi connectivity index (χ1) is 9.17. The van der Waals surface area contributed by atoms with Crippen molar-refractivity contribution < 1.29 is 10.3 Å². The first kappa shape index (κ1) is 14.3. The number of carbonyl (C=O) groups excluding carboxylic acids is 1. The number of carbonyl (C=O) groups is 1. The van der Waals surface area contributed by atoms with E-state index in [0.29, 0.717) is 17.1 Å². The van der Waals surface area contributed by atoms with Crippen molar-refractivity contribution in [1.29, 1.82) is 0 Å². The Labute approximate surface area is 122 Å². The van der Waals surface area contributed by atoms with E-state index in [2.05, 4.69) is 13.0 Å². The molecule has 20 heavy (non-hydrogen) atoms. The third-order valence-corrected chi connectivity index (χ3v) is 7.15. The molecule has 0 unspecified atom stereocenters. The Balaban J connectivity index is 0.00000121. The Bertz CT molecular complexity index is 427. The first-order valence-electron chi connectivity index (χ1n) is 8.38. The van der Waals surface area contributed by atoms with E-state index in [0.717, 1.165) is 30.1 Å². The second-order valence-electron chi connectivity index (χ2n) is 7.96. The Hall–Kier alpha value is -0.630. The Kier molecular flexibility index (Phi) is 3.56. The summed E-state index contributed by atoms with van der Waals surface area (Å²) in [5.41, 5.74) is 0.669.